The van der Waals surface area contributed by atoms with E-state index in [1.165, 1.54) is 0 Å². The molecule has 0 N–H and O–H groups in total. The molecule has 6 heteroatoms. The van der Waals surface area contributed by atoms with Gasteiger partial charge in [0.15, 0.2) is 11.7 Å². The third-order valence-electron chi connectivity index (χ3n) is 1.04. The molecular formula is C7H4Br2F4. The quantitative estimate of drug-likeness (QED) is 0.405. The standard InChI is InChI=1S/C7H4Br2F4/c1-3(7(9,12)13)5(10)6(11)4(2)8/h1-2H2/b6-5-. The lowest BCUT2D eigenvalue weighted by Crippen LogP contribution is -2.09. The largest absolute Gasteiger partial charge is 0.329 e. The maximum absolute atomic E-state index is 12.7. The van der Waals surface area contributed by atoms with E-state index in [1.54, 1.807) is 0 Å². The average molecular weight is 324 g/mol. The van der Waals surface area contributed by atoms with Crippen LogP contribution in [-0.2, 0) is 0 Å². The Hall–Kier alpha value is -0.100. The van der Waals surface area contributed by atoms with Gasteiger partial charge in [0.05, 0.1) is 5.57 Å². The summed E-state index contributed by atoms with van der Waals surface area (Å²) >= 11 is 4.35. The Morgan fingerprint density at radius 2 is 1.46 bits per heavy atom. The molecule has 0 aliphatic heterocycles. The van der Waals surface area contributed by atoms with Crippen molar-refractivity contribution < 1.29 is 17.6 Å². The van der Waals surface area contributed by atoms with Crippen LogP contribution in [0.1, 0.15) is 0 Å². The van der Waals surface area contributed by atoms with E-state index < -0.39 is 26.5 Å². The van der Waals surface area contributed by atoms with E-state index in [9.17, 15) is 17.6 Å². The number of halogens is 6. The zero-order valence-electron chi connectivity index (χ0n) is 6.18. The van der Waals surface area contributed by atoms with Gasteiger partial charge < -0.3 is 0 Å². The smallest absolute Gasteiger partial charge is 0.203 e. The fraction of sp³-hybridized carbons (Fsp3) is 0.143. The summed E-state index contributed by atoms with van der Waals surface area (Å²) in [6, 6.07) is 0. The van der Waals surface area contributed by atoms with Gasteiger partial charge in [0.1, 0.15) is 0 Å². The van der Waals surface area contributed by atoms with Crippen LogP contribution < -0.4 is 0 Å². The van der Waals surface area contributed by atoms with Gasteiger partial charge >= 0.3 is 4.83 Å². The van der Waals surface area contributed by atoms with Gasteiger partial charge in [0.2, 0.25) is 0 Å². The predicted molar refractivity (Wildman–Crippen MR) is 50.3 cm³/mol. The van der Waals surface area contributed by atoms with E-state index in [0.29, 0.717) is 0 Å². The predicted octanol–water partition coefficient (Wildman–Crippen LogP) is 4.59. The molecule has 13 heavy (non-hydrogen) atoms. The lowest BCUT2D eigenvalue weighted by molar-refractivity contribution is 0.155. The monoisotopic (exact) mass is 322 g/mol. The molecule has 0 amide bonds. The highest BCUT2D eigenvalue weighted by Crippen LogP contribution is 2.37. The second-order valence-corrected chi connectivity index (χ2v) is 3.96. The van der Waals surface area contributed by atoms with Gasteiger partial charge in [-0.05, 0) is 31.9 Å². The highest BCUT2D eigenvalue weighted by atomic mass is 79.9. The maximum Gasteiger partial charge on any atom is 0.329 e. The zero-order chi connectivity index (χ0) is 10.8. The van der Waals surface area contributed by atoms with Gasteiger partial charge in [-0.15, -0.1) is 0 Å². The molecule has 0 aromatic heterocycles. The first-order chi connectivity index (χ1) is 5.68. The topological polar surface area (TPSA) is 0 Å². The van der Waals surface area contributed by atoms with E-state index in [2.05, 4.69) is 29.1 Å². The SMILES string of the molecule is C=C(Br)/C(F)=C(/F)C(=C)C(F)(F)Br. The molecule has 0 aromatic carbocycles. The van der Waals surface area contributed by atoms with Crippen LogP contribution in [0.2, 0.25) is 0 Å². The summed E-state index contributed by atoms with van der Waals surface area (Å²) in [5, 5.41) is 0. The Morgan fingerprint density at radius 3 is 1.69 bits per heavy atom. The van der Waals surface area contributed by atoms with E-state index in [-0.39, 0.29) is 0 Å². The van der Waals surface area contributed by atoms with Crippen LogP contribution in [0.15, 0.2) is 34.9 Å². The van der Waals surface area contributed by atoms with Crippen LogP contribution in [0.3, 0.4) is 0 Å². The molecule has 0 spiro atoms. The fourth-order valence-electron chi connectivity index (χ4n) is 0.376. The summed E-state index contributed by atoms with van der Waals surface area (Å²) in [6.45, 7) is 5.68. The molecule has 0 aromatic rings. The van der Waals surface area contributed by atoms with Gasteiger partial charge in [0.25, 0.3) is 0 Å². The lowest BCUT2D eigenvalue weighted by atomic mass is 10.2. The molecule has 0 saturated heterocycles. The Labute approximate surface area is 89.3 Å². The van der Waals surface area contributed by atoms with Crippen molar-refractivity contribution in [2.75, 3.05) is 0 Å². The minimum absolute atomic E-state index is 0.456. The van der Waals surface area contributed by atoms with E-state index in [0.717, 1.165) is 0 Å². The number of rotatable bonds is 3. The molecule has 0 rings (SSSR count). The normalized spacial score (nSPS) is 13.7. The van der Waals surface area contributed by atoms with Crippen molar-refractivity contribution >= 4 is 31.9 Å². The summed E-state index contributed by atoms with van der Waals surface area (Å²) in [6.07, 6.45) is 0. The third kappa shape index (κ3) is 3.64. The number of alkyl halides is 3. The minimum Gasteiger partial charge on any atom is -0.203 e. The van der Waals surface area contributed by atoms with Crippen molar-refractivity contribution in [2.24, 2.45) is 0 Å². The van der Waals surface area contributed by atoms with Crippen molar-refractivity contribution in [1.82, 2.24) is 0 Å². The van der Waals surface area contributed by atoms with Gasteiger partial charge in [-0.25, -0.2) is 8.78 Å². The van der Waals surface area contributed by atoms with E-state index in [1.807, 2.05) is 15.9 Å². The van der Waals surface area contributed by atoms with Crippen LogP contribution in [0.25, 0.3) is 0 Å². The van der Waals surface area contributed by atoms with Gasteiger partial charge in [0, 0.05) is 4.48 Å². The molecule has 0 saturated carbocycles. The third-order valence-corrected chi connectivity index (χ3v) is 1.86. The molecular weight excluding hydrogens is 320 g/mol. The van der Waals surface area contributed by atoms with E-state index >= 15 is 0 Å². The summed E-state index contributed by atoms with van der Waals surface area (Å²) in [5.74, 6) is -3.23. The zero-order valence-corrected chi connectivity index (χ0v) is 9.35. The minimum atomic E-state index is -3.67. The summed E-state index contributed by atoms with van der Waals surface area (Å²) < 4.78 is 49.6. The first-order valence-corrected chi connectivity index (χ1v) is 4.43. The highest BCUT2D eigenvalue weighted by molar-refractivity contribution is 9.12. The van der Waals surface area contributed by atoms with Gasteiger partial charge in [-0.3, -0.25) is 0 Å². The second-order valence-electron chi connectivity index (χ2n) is 2.01. The average Bonchev–Trinajstić information content (AvgIpc) is 1.98. The van der Waals surface area contributed by atoms with Crippen LogP contribution in [-0.4, -0.2) is 4.83 Å². The van der Waals surface area contributed by atoms with Gasteiger partial charge in [-0.1, -0.05) is 13.2 Å². The molecule has 0 bridgehead atoms. The summed E-state index contributed by atoms with van der Waals surface area (Å²) in [5.41, 5.74) is -1.29. The summed E-state index contributed by atoms with van der Waals surface area (Å²) in [7, 11) is 0. The molecule has 0 heterocycles. The van der Waals surface area contributed by atoms with Crippen LogP contribution in [0, 0.1) is 0 Å². The molecule has 0 nitrogen and oxygen atoms in total. The van der Waals surface area contributed by atoms with Gasteiger partial charge in [-0.2, -0.15) is 8.78 Å². The van der Waals surface area contributed by atoms with Crippen molar-refractivity contribution in [1.29, 1.82) is 0 Å². The number of hydrogen-bond donors (Lipinski definition) is 0. The van der Waals surface area contributed by atoms with Crippen molar-refractivity contribution in [3.8, 4) is 0 Å². The molecule has 0 unspecified atom stereocenters. The van der Waals surface area contributed by atoms with Crippen molar-refractivity contribution in [3.63, 3.8) is 0 Å². The maximum atomic E-state index is 12.7. The Morgan fingerprint density at radius 1 is 1.08 bits per heavy atom. The van der Waals surface area contributed by atoms with Crippen molar-refractivity contribution in [2.45, 2.75) is 4.83 Å². The van der Waals surface area contributed by atoms with Crippen LogP contribution in [0.4, 0.5) is 17.6 Å². The molecule has 0 radical (unpaired) electrons. The lowest BCUT2D eigenvalue weighted by Gasteiger charge is -2.09. The number of allylic oxidation sites excluding steroid dienone is 4. The molecule has 0 fully saturated rings. The Bertz CT molecular complexity index is 275. The highest BCUT2D eigenvalue weighted by Gasteiger charge is 2.33. The Balaban J connectivity index is 5.01. The molecule has 0 atom stereocenters. The molecule has 74 valence electrons. The first kappa shape index (κ1) is 12.9. The number of hydrogen-bond acceptors (Lipinski definition) is 0. The first-order valence-electron chi connectivity index (χ1n) is 2.84. The van der Waals surface area contributed by atoms with Crippen LogP contribution >= 0.6 is 31.9 Å². The molecule has 0 aliphatic rings. The fourth-order valence-corrected chi connectivity index (χ4v) is 0.724. The van der Waals surface area contributed by atoms with E-state index in [4.69, 9.17) is 0 Å². The Kier molecular flexibility index (Phi) is 4.38. The molecule has 0 aliphatic carbocycles. The van der Waals surface area contributed by atoms with Crippen LogP contribution in [0.5, 0.6) is 0 Å². The summed E-state index contributed by atoms with van der Waals surface area (Å²) in [4.78, 5) is -3.67. The second kappa shape index (κ2) is 4.41. The van der Waals surface area contributed by atoms with Crippen molar-refractivity contribution in [3.05, 3.63) is 34.9 Å².